The lowest BCUT2D eigenvalue weighted by molar-refractivity contribution is -0.121. The molecule has 4 rings (SSSR count). The molecule has 1 atom stereocenters. The van der Waals surface area contributed by atoms with Crippen molar-refractivity contribution in [2.24, 2.45) is 0 Å². The molecular formula is C23H26N4O2. The Kier molecular flexibility index (Phi) is 5.60. The van der Waals surface area contributed by atoms with E-state index in [4.69, 9.17) is 0 Å². The molecule has 6 nitrogen and oxygen atoms in total. The van der Waals surface area contributed by atoms with Crippen LogP contribution in [0.1, 0.15) is 41.7 Å². The lowest BCUT2D eigenvalue weighted by atomic mass is 10.0. The lowest BCUT2D eigenvalue weighted by Crippen LogP contribution is -2.31. The highest BCUT2D eigenvalue weighted by atomic mass is 16.2. The Balaban J connectivity index is 1.47. The summed E-state index contributed by atoms with van der Waals surface area (Å²) in [5.41, 5.74) is 2.44. The molecule has 0 aliphatic carbocycles. The van der Waals surface area contributed by atoms with Gasteiger partial charge in [-0.2, -0.15) is 5.10 Å². The van der Waals surface area contributed by atoms with E-state index in [0.717, 1.165) is 36.8 Å². The predicted molar refractivity (Wildman–Crippen MR) is 113 cm³/mol. The second-order valence-corrected chi connectivity index (χ2v) is 7.64. The maximum atomic E-state index is 12.9. The molecule has 0 saturated carbocycles. The topological polar surface area (TPSA) is 67.2 Å². The molecular weight excluding hydrogens is 364 g/mol. The van der Waals surface area contributed by atoms with Crippen LogP contribution in [0.25, 0.3) is 10.9 Å². The Morgan fingerprint density at radius 2 is 1.72 bits per heavy atom. The highest BCUT2D eigenvalue weighted by Gasteiger charge is 2.25. The summed E-state index contributed by atoms with van der Waals surface area (Å²) in [6.45, 7) is 4.29. The molecule has 1 aromatic heterocycles. The zero-order valence-corrected chi connectivity index (χ0v) is 16.7. The van der Waals surface area contributed by atoms with Crippen molar-refractivity contribution < 1.29 is 9.59 Å². The molecule has 29 heavy (non-hydrogen) atoms. The van der Waals surface area contributed by atoms with E-state index >= 15 is 0 Å². The third-order valence-electron chi connectivity index (χ3n) is 5.52. The molecule has 6 heteroatoms. The zero-order valence-electron chi connectivity index (χ0n) is 16.7. The van der Waals surface area contributed by atoms with Crippen molar-refractivity contribution in [3.8, 4) is 0 Å². The number of amides is 2. The monoisotopic (exact) mass is 390 g/mol. The van der Waals surface area contributed by atoms with Crippen molar-refractivity contribution >= 4 is 22.7 Å². The Morgan fingerprint density at radius 1 is 1.03 bits per heavy atom. The lowest BCUT2D eigenvalue weighted by Gasteiger charge is -2.13. The minimum atomic E-state index is -0.110. The number of hydrogen-bond donors (Lipinski definition) is 1. The highest BCUT2D eigenvalue weighted by molar-refractivity contribution is 6.05. The largest absolute Gasteiger partial charge is 0.354 e. The zero-order chi connectivity index (χ0) is 20.2. The first-order chi connectivity index (χ1) is 14.1. The molecule has 1 aliphatic rings. The third kappa shape index (κ3) is 4.16. The summed E-state index contributed by atoms with van der Waals surface area (Å²) in [7, 11) is 0. The van der Waals surface area contributed by atoms with Gasteiger partial charge in [-0.05, 0) is 30.4 Å². The van der Waals surface area contributed by atoms with Gasteiger partial charge in [-0.3, -0.25) is 14.3 Å². The van der Waals surface area contributed by atoms with Gasteiger partial charge in [0.1, 0.15) is 6.54 Å². The van der Waals surface area contributed by atoms with E-state index in [0.29, 0.717) is 12.2 Å². The fourth-order valence-electron chi connectivity index (χ4n) is 3.83. The number of nitrogens with one attached hydrogen (secondary N) is 1. The Morgan fingerprint density at radius 3 is 2.48 bits per heavy atom. The van der Waals surface area contributed by atoms with Gasteiger partial charge in [0.15, 0.2) is 5.69 Å². The van der Waals surface area contributed by atoms with Crippen LogP contribution in [0.4, 0.5) is 0 Å². The summed E-state index contributed by atoms with van der Waals surface area (Å²) in [6.07, 6.45) is 2.07. The summed E-state index contributed by atoms with van der Waals surface area (Å²) in [4.78, 5) is 27.3. The van der Waals surface area contributed by atoms with Gasteiger partial charge in [0, 0.05) is 25.0 Å². The number of carbonyl (C=O) groups is 2. The van der Waals surface area contributed by atoms with Crippen molar-refractivity contribution in [3.05, 3.63) is 65.9 Å². The molecule has 150 valence electrons. The van der Waals surface area contributed by atoms with Crippen LogP contribution in [-0.2, 0) is 11.3 Å². The normalized spacial score (nSPS) is 14.9. The first-order valence-corrected chi connectivity index (χ1v) is 10.2. The summed E-state index contributed by atoms with van der Waals surface area (Å²) in [5, 5.41) is 8.32. The molecule has 2 aromatic carbocycles. The number of hydrogen-bond acceptors (Lipinski definition) is 3. The summed E-state index contributed by atoms with van der Waals surface area (Å²) < 4.78 is 1.64. The van der Waals surface area contributed by atoms with E-state index in [1.54, 1.807) is 4.68 Å². The average Bonchev–Trinajstić information content (AvgIpc) is 3.41. The Hall–Kier alpha value is -3.15. The minimum absolute atomic E-state index is 0.0458. The molecule has 2 heterocycles. The van der Waals surface area contributed by atoms with Crippen molar-refractivity contribution in [1.29, 1.82) is 0 Å². The smallest absolute Gasteiger partial charge is 0.275 e. The third-order valence-corrected chi connectivity index (χ3v) is 5.52. The maximum absolute atomic E-state index is 12.9. The number of nitrogens with zero attached hydrogens (tertiary/aromatic N) is 3. The van der Waals surface area contributed by atoms with E-state index in [9.17, 15) is 9.59 Å². The first kappa shape index (κ1) is 19.2. The van der Waals surface area contributed by atoms with Crippen LogP contribution in [0.2, 0.25) is 0 Å². The average molecular weight is 390 g/mol. The molecule has 0 radical (unpaired) electrons. The number of aromatic nitrogens is 2. The van der Waals surface area contributed by atoms with E-state index < -0.39 is 0 Å². The van der Waals surface area contributed by atoms with Gasteiger partial charge in [0.2, 0.25) is 5.91 Å². The summed E-state index contributed by atoms with van der Waals surface area (Å²) in [6, 6.07) is 17.7. The molecule has 3 aromatic rings. The number of likely N-dealkylation sites (tertiary alicyclic amines) is 1. The second-order valence-electron chi connectivity index (χ2n) is 7.64. The molecule has 1 N–H and O–H groups in total. The fourth-order valence-corrected chi connectivity index (χ4v) is 3.83. The molecule has 1 fully saturated rings. The van der Waals surface area contributed by atoms with Gasteiger partial charge in [0.25, 0.3) is 5.91 Å². The van der Waals surface area contributed by atoms with Crippen LogP contribution in [0, 0.1) is 0 Å². The van der Waals surface area contributed by atoms with Gasteiger partial charge in [-0.1, -0.05) is 55.5 Å². The van der Waals surface area contributed by atoms with E-state index in [2.05, 4.69) is 29.5 Å². The number of para-hydroxylation sites is 1. The molecule has 0 spiro atoms. The molecule has 0 bridgehead atoms. The first-order valence-electron chi connectivity index (χ1n) is 10.2. The molecule has 1 aliphatic heterocycles. The quantitative estimate of drug-likeness (QED) is 0.703. The van der Waals surface area contributed by atoms with Crippen molar-refractivity contribution in [3.63, 3.8) is 0 Å². The van der Waals surface area contributed by atoms with E-state index in [1.807, 2.05) is 47.4 Å². The standard InChI is InChI=1S/C23H26N4O2/c1-17(18-9-3-2-4-10-18)15-24-21(28)16-27-20-12-6-5-11-19(20)22(25-27)23(29)26-13-7-8-14-26/h2-6,9-12,17H,7-8,13-16H2,1H3,(H,24,28). The van der Waals surface area contributed by atoms with E-state index in [-0.39, 0.29) is 24.3 Å². The summed E-state index contributed by atoms with van der Waals surface area (Å²) in [5.74, 6) is 0.0681. The van der Waals surface area contributed by atoms with Crippen LogP contribution in [0.3, 0.4) is 0 Å². The van der Waals surface area contributed by atoms with Crippen LogP contribution in [-0.4, -0.2) is 46.1 Å². The summed E-state index contributed by atoms with van der Waals surface area (Å²) >= 11 is 0. The molecule has 2 amide bonds. The minimum Gasteiger partial charge on any atom is -0.354 e. The molecule has 1 unspecified atom stereocenters. The van der Waals surface area contributed by atoms with Gasteiger partial charge in [0.05, 0.1) is 5.52 Å². The number of fused-ring (bicyclic) bond motifs is 1. The van der Waals surface area contributed by atoms with Gasteiger partial charge in [-0.15, -0.1) is 0 Å². The van der Waals surface area contributed by atoms with Crippen LogP contribution >= 0.6 is 0 Å². The van der Waals surface area contributed by atoms with Crippen molar-refractivity contribution in [2.75, 3.05) is 19.6 Å². The fraction of sp³-hybridized carbons (Fsp3) is 0.348. The van der Waals surface area contributed by atoms with Gasteiger partial charge in [-0.25, -0.2) is 0 Å². The van der Waals surface area contributed by atoms with Crippen molar-refractivity contribution in [2.45, 2.75) is 32.2 Å². The number of benzene rings is 2. The van der Waals surface area contributed by atoms with Crippen molar-refractivity contribution in [1.82, 2.24) is 20.0 Å². The van der Waals surface area contributed by atoms with E-state index in [1.165, 1.54) is 5.56 Å². The predicted octanol–water partition coefficient (Wildman–Crippen LogP) is 3.19. The number of carbonyl (C=O) groups excluding carboxylic acids is 2. The second kappa shape index (κ2) is 8.47. The van der Waals surface area contributed by atoms with Crippen LogP contribution < -0.4 is 5.32 Å². The van der Waals surface area contributed by atoms with Gasteiger partial charge >= 0.3 is 0 Å². The Bertz CT molecular complexity index is 1010. The highest BCUT2D eigenvalue weighted by Crippen LogP contribution is 2.22. The van der Waals surface area contributed by atoms with Gasteiger partial charge < -0.3 is 10.2 Å². The Labute approximate surface area is 170 Å². The van der Waals surface area contributed by atoms with Crippen LogP contribution in [0.5, 0.6) is 0 Å². The molecule has 1 saturated heterocycles. The maximum Gasteiger partial charge on any atom is 0.275 e. The SMILES string of the molecule is CC(CNC(=O)Cn1nc(C(=O)N2CCCC2)c2ccccc21)c1ccccc1. The van der Waals surface area contributed by atoms with Crippen LogP contribution in [0.15, 0.2) is 54.6 Å². The number of rotatable bonds is 6.